The first kappa shape index (κ1) is 17.4. The van der Waals surface area contributed by atoms with Crippen LogP contribution in [0.2, 0.25) is 0 Å². The van der Waals surface area contributed by atoms with Gasteiger partial charge < -0.3 is 10.2 Å². The minimum absolute atomic E-state index is 0.0367. The Morgan fingerprint density at radius 3 is 2.48 bits per heavy atom. The van der Waals surface area contributed by atoms with Gasteiger partial charge in [-0.15, -0.1) is 0 Å². The molecule has 0 bridgehead atoms. The highest BCUT2D eigenvalue weighted by Crippen LogP contribution is 2.29. The molecular weight excluding hydrogens is 318 g/mol. The summed E-state index contributed by atoms with van der Waals surface area (Å²) in [6.07, 6.45) is 0. The molecule has 0 aliphatic carbocycles. The van der Waals surface area contributed by atoms with Crippen LogP contribution in [-0.4, -0.2) is 57.3 Å². The van der Waals surface area contributed by atoms with Crippen molar-refractivity contribution < 1.29 is 22.9 Å². The summed E-state index contributed by atoms with van der Waals surface area (Å²) in [4.78, 5) is 25.4. The molecule has 8 heteroatoms. The predicted molar refractivity (Wildman–Crippen MR) is 84.6 cm³/mol. The SMILES string of the molecule is CC[NH+](CC)CCNC(=O)CN1C(=O)c2ccccc2S1(=O)=O. The monoisotopic (exact) mass is 340 g/mol. The van der Waals surface area contributed by atoms with E-state index in [1.165, 1.54) is 17.0 Å². The number of quaternary nitrogens is 1. The van der Waals surface area contributed by atoms with E-state index in [-0.39, 0.29) is 10.5 Å². The number of nitrogens with one attached hydrogen (secondary N) is 2. The van der Waals surface area contributed by atoms with Crippen LogP contribution >= 0.6 is 0 Å². The minimum Gasteiger partial charge on any atom is -0.349 e. The van der Waals surface area contributed by atoms with Gasteiger partial charge in [0.25, 0.3) is 15.9 Å². The van der Waals surface area contributed by atoms with Crippen LogP contribution in [0, 0.1) is 0 Å². The third kappa shape index (κ3) is 3.53. The quantitative estimate of drug-likeness (QED) is 0.658. The summed E-state index contributed by atoms with van der Waals surface area (Å²) in [6, 6.07) is 5.99. The second-order valence-electron chi connectivity index (χ2n) is 5.37. The second kappa shape index (κ2) is 7.10. The second-order valence-corrected chi connectivity index (χ2v) is 7.20. The topological polar surface area (TPSA) is 88.0 Å². The van der Waals surface area contributed by atoms with Crippen molar-refractivity contribution in [3.05, 3.63) is 29.8 Å². The summed E-state index contributed by atoms with van der Waals surface area (Å²) >= 11 is 0. The van der Waals surface area contributed by atoms with E-state index < -0.39 is 28.4 Å². The van der Waals surface area contributed by atoms with E-state index in [4.69, 9.17) is 0 Å². The van der Waals surface area contributed by atoms with Gasteiger partial charge in [0, 0.05) is 0 Å². The third-order valence-electron chi connectivity index (χ3n) is 4.00. The van der Waals surface area contributed by atoms with Gasteiger partial charge in [-0.2, -0.15) is 0 Å². The fourth-order valence-electron chi connectivity index (χ4n) is 2.56. The molecule has 1 aromatic rings. The summed E-state index contributed by atoms with van der Waals surface area (Å²) in [5.74, 6) is -1.12. The number of nitrogens with zero attached hydrogens (tertiary/aromatic N) is 1. The first-order valence-corrected chi connectivity index (χ1v) is 9.12. The maximum atomic E-state index is 12.3. The normalized spacial score (nSPS) is 15.8. The van der Waals surface area contributed by atoms with Crippen LogP contribution in [-0.2, 0) is 14.8 Å². The van der Waals surface area contributed by atoms with Crippen molar-refractivity contribution in [3.63, 3.8) is 0 Å². The summed E-state index contributed by atoms with van der Waals surface area (Å²) < 4.78 is 25.3. The Kier molecular flexibility index (Phi) is 5.38. The number of fused-ring (bicyclic) bond motifs is 1. The molecule has 1 aliphatic heterocycles. The molecule has 126 valence electrons. The molecule has 23 heavy (non-hydrogen) atoms. The van der Waals surface area contributed by atoms with Gasteiger partial charge in [0.15, 0.2) is 0 Å². The molecule has 0 atom stereocenters. The maximum absolute atomic E-state index is 12.3. The molecule has 1 aromatic carbocycles. The molecule has 0 spiro atoms. The number of sulfonamides is 1. The number of hydrogen-bond acceptors (Lipinski definition) is 4. The van der Waals surface area contributed by atoms with Gasteiger partial charge in [-0.25, -0.2) is 12.7 Å². The van der Waals surface area contributed by atoms with Gasteiger partial charge in [0.1, 0.15) is 11.4 Å². The lowest BCUT2D eigenvalue weighted by Gasteiger charge is -2.17. The van der Waals surface area contributed by atoms with Crippen LogP contribution in [0.15, 0.2) is 29.2 Å². The average molecular weight is 340 g/mol. The molecule has 2 amide bonds. The van der Waals surface area contributed by atoms with Crippen LogP contribution in [0.25, 0.3) is 0 Å². The Hall–Kier alpha value is -1.93. The van der Waals surface area contributed by atoms with E-state index in [1.54, 1.807) is 12.1 Å². The number of carbonyl (C=O) groups excluding carboxylic acids is 2. The Morgan fingerprint density at radius 2 is 1.87 bits per heavy atom. The standard InChI is InChI=1S/C15H21N3O4S/c1-3-17(4-2)10-9-16-14(19)11-18-15(20)12-7-5-6-8-13(12)23(18,21)22/h5-8H,3-4,9-11H2,1-2H3,(H,16,19)/p+1. The fourth-order valence-corrected chi connectivity index (χ4v) is 4.08. The van der Waals surface area contributed by atoms with Crippen LogP contribution in [0.3, 0.4) is 0 Å². The van der Waals surface area contributed by atoms with Crippen molar-refractivity contribution in [3.8, 4) is 0 Å². The Labute approximate surface area is 136 Å². The van der Waals surface area contributed by atoms with Crippen LogP contribution < -0.4 is 10.2 Å². The van der Waals surface area contributed by atoms with E-state index >= 15 is 0 Å². The first-order valence-electron chi connectivity index (χ1n) is 7.68. The van der Waals surface area contributed by atoms with Crippen LogP contribution in [0.1, 0.15) is 24.2 Å². The van der Waals surface area contributed by atoms with E-state index in [9.17, 15) is 18.0 Å². The van der Waals surface area contributed by atoms with Gasteiger partial charge in [-0.1, -0.05) is 12.1 Å². The summed E-state index contributed by atoms with van der Waals surface area (Å²) in [5.41, 5.74) is 0.118. The van der Waals surface area contributed by atoms with Crippen molar-refractivity contribution in [1.82, 2.24) is 9.62 Å². The molecule has 2 rings (SSSR count). The molecule has 0 unspecified atom stereocenters. The molecule has 0 fully saturated rings. The highest BCUT2D eigenvalue weighted by Gasteiger charge is 2.41. The molecule has 1 aliphatic rings. The van der Waals surface area contributed by atoms with Gasteiger partial charge in [-0.05, 0) is 26.0 Å². The lowest BCUT2D eigenvalue weighted by Crippen LogP contribution is -3.12. The summed E-state index contributed by atoms with van der Waals surface area (Å²) in [6.45, 7) is 6.77. The van der Waals surface area contributed by atoms with E-state index in [2.05, 4.69) is 19.2 Å². The molecule has 0 saturated carbocycles. The zero-order valence-corrected chi connectivity index (χ0v) is 14.1. The van der Waals surface area contributed by atoms with Gasteiger partial charge in [0.2, 0.25) is 5.91 Å². The molecule has 1 heterocycles. The fraction of sp³-hybridized carbons (Fsp3) is 0.467. The smallest absolute Gasteiger partial charge is 0.269 e. The Bertz CT molecular complexity index is 698. The predicted octanol–water partition coefficient (Wildman–Crippen LogP) is -1.13. The lowest BCUT2D eigenvalue weighted by molar-refractivity contribution is -0.895. The van der Waals surface area contributed by atoms with E-state index in [0.29, 0.717) is 10.8 Å². The Balaban J connectivity index is 1.99. The van der Waals surface area contributed by atoms with Crippen LogP contribution in [0.4, 0.5) is 0 Å². The molecule has 0 radical (unpaired) electrons. The highest BCUT2D eigenvalue weighted by molar-refractivity contribution is 7.90. The molecule has 2 N–H and O–H groups in total. The largest absolute Gasteiger partial charge is 0.349 e. The number of likely N-dealkylation sites (N-methyl/N-ethyl adjacent to an activating group) is 1. The number of amides is 2. The minimum atomic E-state index is -3.92. The van der Waals surface area contributed by atoms with Crippen LogP contribution in [0.5, 0.6) is 0 Å². The summed E-state index contributed by atoms with van der Waals surface area (Å²) in [7, 11) is -3.92. The van der Waals surface area contributed by atoms with E-state index in [0.717, 1.165) is 19.6 Å². The van der Waals surface area contributed by atoms with Crippen molar-refractivity contribution >= 4 is 21.8 Å². The number of benzene rings is 1. The number of carbonyl (C=O) groups is 2. The van der Waals surface area contributed by atoms with E-state index in [1.807, 2.05) is 0 Å². The van der Waals surface area contributed by atoms with Crippen molar-refractivity contribution in [2.24, 2.45) is 0 Å². The molecule has 0 aromatic heterocycles. The van der Waals surface area contributed by atoms with Crippen molar-refractivity contribution in [1.29, 1.82) is 0 Å². The number of hydrogen-bond donors (Lipinski definition) is 2. The maximum Gasteiger partial charge on any atom is 0.269 e. The zero-order chi connectivity index (χ0) is 17.0. The van der Waals surface area contributed by atoms with Crippen molar-refractivity contribution in [2.75, 3.05) is 32.7 Å². The molecule has 7 nitrogen and oxygen atoms in total. The van der Waals surface area contributed by atoms with Crippen molar-refractivity contribution in [2.45, 2.75) is 18.7 Å². The average Bonchev–Trinajstić information content (AvgIpc) is 2.73. The molecular formula is C15H22N3O4S+. The number of rotatable bonds is 7. The zero-order valence-electron chi connectivity index (χ0n) is 13.3. The lowest BCUT2D eigenvalue weighted by atomic mass is 10.2. The summed E-state index contributed by atoms with van der Waals surface area (Å²) in [5, 5.41) is 2.68. The first-order chi connectivity index (χ1) is 10.9. The Morgan fingerprint density at radius 1 is 1.22 bits per heavy atom. The third-order valence-corrected chi connectivity index (χ3v) is 5.79. The van der Waals surface area contributed by atoms with Gasteiger partial charge in [-0.3, -0.25) is 9.59 Å². The van der Waals surface area contributed by atoms with Gasteiger partial charge in [0.05, 0.1) is 31.7 Å². The highest BCUT2D eigenvalue weighted by atomic mass is 32.2. The van der Waals surface area contributed by atoms with Gasteiger partial charge >= 0.3 is 0 Å². The molecule has 0 saturated heterocycles.